The van der Waals surface area contributed by atoms with Crippen LogP contribution in [0, 0.1) is 9.54 Å². The molecule has 0 saturated carbocycles. The van der Waals surface area contributed by atoms with Crippen LogP contribution in [0.1, 0.15) is 0 Å². The van der Waals surface area contributed by atoms with Gasteiger partial charge in [0.15, 0.2) is 0 Å². The zero-order valence-electron chi connectivity index (χ0n) is 8.49. The number of aryl methyl sites for hydroxylation is 2. The number of hydrogen-bond acceptors (Lipinski definition) is 2. The van der Waals surface area contributed by atoms with Crippen LogP contribution in [0.15, 0.2) is 24.8 Å². The van der Waals surface area contributed by atoms with E-state index in [1.165, 1.54) is 0 Å². The quantitative estimate of drug-likeness (QED) is 0.580. The van der Waals surface area contributed by atoms with Gasteiger partial charge in [-0.25, -0.2) is 0 Å². The van der Waals surface area contributed by atoms with E-state index in [-0.39, 0.29) is 0 Å². The van der Waals surface area contributed by atoms with Gasteiger partial charge < -0.3 is 18.1 Å². The molecule has 0 aliphatic rings. The first-order valence-electron chi connectivity index (χ1n) is 4.41. The first kappa shape index (κ1) is 10.4. The molecule has 0 aliphatic carbocycles. The van der Waals surface area contributed by atoms with Crippen molar-refractivity contribution in [3.05, 3.63) is 34.3 Å². The summed E-state index contributed by atoms with van der Waals surface area (Å²) in [6, 6.07) is 0. The summed E-state index contributed by atoms with van der Waals surface area (Å²) in [7, 11) is 5.69. The molecule has 2 rings (SSSR count). The fourth-order valence-electron chi connectivity index (χ4n) is 1.27. The number of imidazole rings is 2. The minimum absolute atomic E-state index is 0.737. The van der Waals surface area contributed by atoms with Crippen LogP contribution in [-0.2, 0) is 14.1 Å². The molecule has 2 aromatic rings. The summed E-state index contributed by atoms with van der Waals surface area (Å²) < 4.78 is 8.93. The molecule has 0 atom stereocenters. The number of nitrogens with zero attached hydrogens (tertiary/aromatic N) is 4. The highest BCUT2D eigenvalue weighted by atomic mass is 32.1. The fourth-order valence-corrected chi connectivity index (χ4v) is 1.61. The van der Waals surface area contributed by atoms with E-state index in [2.05, 4.69) is 0 Å². The van der Waals surface area contributed by atoms with E-state index in [1.807, 2.05) is 64.5 Å². The molecule has 15 heavy (non-hydrogen) atoms. The maximum atomic E-state index is 5.22. The second-order valence-electron chi connectivity index (χ2n) is 3.31. The highest BCUT2D eigenvalue weighted by molar-refractivity contribution is 7.71. The molecule has 0 amide bonds. The molecule has 4 nitrogen and oxygen atoms in total. The lowest BCUT2D eigenvalue weighted by molar-refractivity contribution is 0.863. The first-order valence-corrected chi connectivity index (χ1v) is 5.23. The third-order valence-corrected chi connectivity index (χ3v) is 3.19. The Kier molecular flexibility index (Phi) is 2.66. The summed E-state index contributed by atoms with van der Waals surface area (Å²) in [5.74, 6) is 0. The summed E-state index contributed by atoms with van der Waals surface area (Å²) in [5, 5.41) is 0. The molecule has 2 radical (unpaired) electrons. The number of hydrogen-bond donors (Lipinski definition) is 0. The Labute approximate surface area is 98.7 Å². The van der Waals surface area contributed by atoms with Gasteiger partial charge in [0.05, 0.1) is 0 Å². The van der Waals surface area contributed by atoms with Crippen molar-refractivity contribution in [2.24, 2.45) is 14.1 Å². The smallest absolute Gasteiger partial charge is 0.135 e. The van der Waals surface area contributed by atoms with Crippen molar-refractivity contribution < 1.29 is 0 Å². The van der Waals surface area contributed by atoms with Crippen molar-refractivity contribution in [3.8, 4) is 0 Å². The molecular formula is C8H10BN4S2-. The normalized spacial score (nSPS) is 10.8. The van der Waals surface area contributed by atoms with E-state index in [9.17, 15) is 0 Å². The van der Waals surface area contributed by atoms with E-state index in [0.717, 1.165) is 9.54 Å². The molecule has 0 N–H and O–H groups in total. The molecule has 0 unspecified atom stereocenters. The lowest BCUT2D eigenvalue weighted by Gasteiger charge is -2.20. The van der Waals surface area contributed by atoms with Gasteiger partial charge in [-0.1, -0.05) is 7.55 Å². The molecule has 0 fully saturated rings. The van der Waals surface area contributed by atoms with Crippen LogP contribution in [0.4, 0.5) is 0 Å². The van der Waals surface area contributed by atoms with E-state index in [1.54, 1.807) is 0 Å². The maximum Gasteiger partial charge on any atom is 0.135 e. The van der Waals surface area contributed by atoms with Crippen LogP contribution >= 0.6 is 24.4 Å². The van der Waals surface area contributed by atoms with Crippen LogP contribution in [-0.4, -0.2) is 25.6 Å². The lowest BCUT2D eigenvalue weighted by Crippen LogP contribution is -2.16. The average molecular weight is 237 g/mol. The van der Waals surface area contributed by atoms with Crippen LogP contribution < -0.4 is 0 Å². The van der Waals surface area contributed by atoms with E-state index >= 15 is 0 Å². The van der Waals surface area contributed by atoms with Crippen molar-refractivity contribution in [2.75, 3.05) is 0 Å². The Morgan fingerprint density at radius 1 is 0.867 bits per heavy atom. The molecule has 2 aromatic heterocycles. The second kappa shape index (κ2) is 3.82. The molecule has 0 spiro atoms. The monoisotopic (exact) mass is 237 g/mol. The van der Waals surface area contributed by atoms with Crippen molar-refractivity contribution in [1.82, 2.24) is 18.1 Å². The van der Waals surface area contributed by atoms with Gasteiger partial charge in [0.1, 0.15) is 9.54 Å². The van der Waals surface area contributed by atoms with Gasteiger partial charge in [0.25, 0.3) is 0 Å². The summed E-state index contributed by atoms with van der Waals surface area (Å²) >= 11 is 10.4. The largest absolute Gasteiger partial charge is 0.541 e. The lowest BCUT2D eigenvalue weighted by atomic mass is 10.2. The zero-order chi connectivity index (χ0) is 11.0. The van der Waals surface area contributed by atoms with E-state index in [0.29, 0.717) is 0 Å². The molecule has 78 valence electrons. The Hall–Kier alpha value is -1.08. The number of rotatable bonds is 2. The second-order valence-corrected chi connectivity index (χ2v) is 4.04. The number of aromatic nitrogens is 4. The summed E-state index contributed by atoms with van der Waals surface area (Å²) in [4.78, 5) is 0. The highest BCUT2D eigenvalue weighted by Gasteiger charge is 1.89. The van der Waals surface area contributed by atoms with Gasteiger partial charge >= 0.3 is 0 Å². The van der Waals surface area contributed by atoms with Crippen molar-refractivity contribution in [2.45, 2.75) is 0 Å². The Bertz CT molecular complexity index is 536. The Morgan fingerprint density at radius 3 is 1.53 bits per heavy atom. The van der Waals surface area contributed by atoms with Crippen LogP contribution in [0.5, 0.6) is 0 Å². The minimum Gasteiger partial charge on any atom is -0.541 e. The highest BCUT2D eigenvalue weighted by Crippen LogP contribution is 1.96. The van der Waals surface area contributed by atoms with Crippen molar-refractivity contribution in [1.29, 1.82) is 0 Å². The molecule has 2 heterocycles. The fraction of sp³-hybridized carbons (Fsp3) is 0.250. The standard InChI is InChI=1S/C8H10BN4S2/c1-10-3-5-12(7(10)14)9-13-6-4-11(2)8(13)15/h3-6H,1-2H3/q-1. The van der Waals surface area contributed by atoms with Crippen LogP contribution in [0.3, 0.4) is 0 Å². The summed E-state index contributed by atoms with van der Waals surface area (Å²) in [6.45, 7) is 0. The van der Waals surface area contributed by atoms with E-state index < -0.39 is 0 Å². The minimum atomic E-state index is 0.737. The Balaban J connectivity index is 2.38. The summed E-state index contributed by atoms with van der Waals surface area (Å²) in [6.07, 6.45) is 7.62. The molecular weight excluding hydrogens is 227 g/mol. The van der Waals surface area contributed by atoms with Gasteiger partial charge in [0.2, 0.25) is 0 Å². The first-order chi connectivity index (χ1) is 7.09. The van der Waals surface area contributed by atoms with Crippen LogP contribution in [0.2, 0.25) is 0 Å². The molecule has 0 aliphatic heterocycles. The van der Waals surface area contributed by atoms with Gasteiger partial charge in [0, 0.05) is 26.5 Å². The zero-order valence-corrected chi connectivity index (χ0v) is 10.1. The Morgan fingerprint density at radius 2 is 1.27 bits per heavy atom. The predicted octanol–water partition coefficient (Wildman–Crippen LogP) is 1.36. The van der Waals surface area contributed by atoms with Crippen LogP contribution in [0.25, 0.3) is 0 Å². The SMILES string of the molecule is Cn1ccn([B-]n2ccn(C)c2=S)c1=S. The third-order valence-electron chi connectivity index (χ3n) is 2.20. The van der Waals surface area contributed by atoms with Crippen molar-refractivity contribution >= 4 is 32.0 Å². The molecule has 7 heteroatoms. The van der Waals surface area contributed by atoms with Crippen molar-refractivity contribution in [3.63, 3.8) is 0 Å². The molecule has 0 bridgehead atoms. The molecule has 0 aromatic carbocycles. The predicted molar refractivity (Wildman–Crippen MR) is 65.0 cm³/mol. The maximum absolute atomic E-state index is 5.22. The average Bonchev–Trinajstić information content (AvgIpc) is 2.68. The molecule has 0 saturated heterocycles. The van der Waals surface area contributed by atoms with Gasteiger partial charge in [-0.15, -0.1) is 0 Å². The topological polar surface area (TPSA) is 19.7 Å². The van der Waals surface area contributed by atoms with Gasteiger partial charge in [-0.2, -0.15) is 0 Å². The summed E-state index contributed by atoms with van der Waals surface area (Å²) in [5.41, 5.74) is 0. The van der Waals surface area contributed by atoms with E-state index in [4.69, 9.17) is 24.4 Å². The van der Waals surface area contributed by atoms with Gasteiger partial charge in [-0.3, -0.25) is 0 Å². The van der Waals surface area contributed by atoms with Gasteiger partial charge in [-0.05, 0) is 36.8 Å². The third kappa shape index (κ3) is 1.84.